The fourth-order valence-electron chi connectivity index (χ4n) is 6.37. The Morgan fingerprint density at radius 3 is 0.935 bits per heavy atom. The Hall–Kier alpha value is -4.54. The summed E-state index contributed by atoms with van der Waals surface area (Å²) in [5.74, 6) is 0. The van der Waals surface area contributed by atoms with Crippen LogP contribution in [0.1, 0.15) is 5.56 Å². The molecule has 0 aliphatic carbocycles. The summed E-state index contributed by atoms with van der Waals surface area (Å²) in [7, 11) is -1.54. The zero-order chi connectivity index (χ0) is 31.0. The lowest BCUT2D eigenvalue weighted by Gasteiger charge is -2.29. The second kappa shape index (κ2) is 14.7. The monoisotopic (exact) mass is 624 g/mol. The quantitative estimate of drug-likeness (QED) is 0.119. The van der Waals surface area contributed by atoms with Gasteiger partial charge in [0.25, 0.3) is 0 Å². The summed E-state index contributed by atoms with van der Waals surface area (Å²) in [5, 5.41) is 8.35. The Kier molecular flexibility index (Phi) is 9.63. The van der Waals surface area contributed by atoms with Crippen LogP contribution in [-0.2, 0) is 6.32 Å². The van der Waals surface area contributed by atoms with Gasteiger partial charge in [0.1, 0.15) is 0 Å². The van der Waals surface area contributed by atoms with E-state index in [2.05, 4.69) is 200 Å². The van der Waals surface area contributed by atoms with Gasteiger partial charge in [0.15, 0.2) is 0 Å². The largest absolute Gasteiger partial charge is 0.215 e. The molecule has 46 heavy (non-hydrogen) atoms. The standard InChI is InChI=1S/C43H35BP2/c1-6-20-35(21-7-1)34-44(40-30-16-18-32-42(40)45(36-22-8-2-9-23-36)37-24-10-3-11-25-37)41-31-17-19-33-43(41)46(38-26-12-4-13-27-38)39-28-14-5-15-29-39/h1-33H,34H2. The Balaban J connectivity index is 1.46. The maximum atomic E-state index is 2.40. The lowest BCUT2D eigenvalue weighted by atomic mass is 9.38. The maximum absolute atomic E-state index is 2.40. The number of benzene rings is 7. The van der Waals surface area contributed by atoms with Gasteiger partial charge in [0, 0.05) is 0 Å². The molecule has 0 aliphatic rings. The molecule has 0 saturated heterocycles. The summed E-state index contributed by atoms with van der Waals surface area (Å²) < 4.78 is 0. The molecule has 0 amide bonds. The Morgan fingerprint density at radius 2 is 0.587 bits per heavy atom. The van der Waals surface area contributed by atoms with E-state index < -0.39 is 15.8 Å². The molecule has 0 spiro atoms. The summed E-state index contributed by atoms with van der Waals surface area (Å²) in [6, 6.07) is 73.9. The van der Waals surface area contributed by atoms with Crippen LogP contribution in [0.2, 0.25) is 0 Å². The van der Waals surface area contributed by atoms with Crippen molar-refractivity contribution in [3.8, 4) is 0 Å². The van der Waals surface area contributed by atoms with Gasteiger partial charge >= 0.3 is 0 Å². The van der Waals surface area contributed by atoms with Gasteiger partial charge < -0.3 is 0 Å². The van der Waals surface area contributed by atoms with Crippen molar-refractivity contribution in [1.29, 1.82) is 0 Å². The highest BCUT2D eigenvalue weighted by molar-refractivity contribution is 7.81. The lowest BCUT2D eigenvalue weighted by molar-refractivity contribution is 1.37. The van der Waals surface area contributed by atoms with E-state index >= 15 is 0 Å². The molecule has 0 heterocycles. The van der Waals surface area contributed by atoms with Gasteiger partial charge in [0.05, 0.1) is 0 Å². The number of rotatable bonds is 10. The third-order valence-electron chi connectivity index (χ3n) is 8.45. The predicted octanol–water partition coefficient (Wildman–Crippen LogP) is 6.59. The Morgan fingerprint density at radius 1 is 0.304 bits per heavy atom. The van der Waals surface area contributed by atoms with Crippen molar-refractivity contribution in [3.63, 3.8) is 0 Å². The third kappa shape index (κ3) is 6.68. The minimum Gasteiger partial charge on any atom is -0.0667 e. The molecule has 0 aliphatic heterocycles. The van der Waals surface area contributed by atoms with Gasteiger partial charge in [-0.25, -0.2) is 0 Å². The Labute approximate surface area is 276 Å². The summed E-state index contributed by atoms with van der Waals surface area (Å²) in [5.41, 5.74) is 4.17. The highest BCUT2D eigenvalue weighted by Crippen LogP contribution is 2.34. The van der Waals surface area contributed by atoms with E-state index in [4.69, 9.17) is 0 Å². The van der Waals surface area contributed by atoms with Crippen LogP contribution in [0, 0.1) is 0 Å². The molecule has 7 aromatic rings. The van der Waals surface area contributed by atoms with Crippen LogP contribution in [0.5, 0.6) is 0 Å². The van der Waals surface area contributed by atoms with E-state index in [-0.39, 0.29) is 6.71 Å². The first-order valence-electron chi connectivity index (χ1n) is 15.9. The van der Waals surface area contributed by atoms with Crippen LogP contribution < -0.4 is 42.8 Å². The van der Waals surface area contributed by atoms with E-state index in [1.807, 2.05) is 0 Å². The van der Waals surface area contributed by atoms with Crippen molar-refractivity contribution < 1.29 is 0 Å². The minimum atomic E-state index is -0.772. The molecule has 0 nitrogen and oxygen atoms in total. The fraction of sp³-hybridized carbons (Fsp3) is 0.0233. The van der Waals surface area contributed by atoms with E-state index in [1.54, 1.807) is 0 Å². The summed E-state index contributed by atoms with van der Waals surface area (Å²) in [6.45, 7) is 0.171. The predicted molar refractivity (Wildman–Crippen MR) is 205 cm³/mol. The molecule has 0 aromatic heterocycles. The van der Waals surface area contributed by atoms with Gasteiger partial charge in [-0.1, -0.05) is 217 Å². The lowest BCUT2D eigenvalue weighted by Crippen LogP contribution is -2.55. The topological polar surface area (TPSA) is 0 Å². The molecule has 7 aromatic carbocycles. The van der Waals surface area contributed by atoms with Crippen molar-refractivity contribution in [1.82, 2.24) is 0 Å². The first kappa shape index (κ1) is 30.1. The molecule has 0 N–H and O–H groups in total. The number of hydrogen-bond donors (Lipinski definition) is 0. The molecular formula is C43H35BP2. The molecule has 3 heteroatoms. The summed E-state index contributed by atoms with van der Waals surface area (Å²) in [6.07, 6.45) is 0.925. The maximum Gasteiger partial charge on any atom is 0.215 e. The van der Waals surface area contributed by atoms with Crippen LogP contribution in [0.15, 0.2) is 200 Å². The van der Waals surface area contributed by atoms with Crippen LogP contribution in [-0.4, -0.2) is 6.71 Å². The van der Waals surface area contributed by atoms with Crippen molar-refractivity contribution in [2.24, 2.45) is 0 Å². The van der Waals surface area contributed by atoms with E-state index in [0.29, 0.717) is 0 Å². The molecule has 7 rings (SSSR count). The molecule has 0 radical (unpaired) electrons. The van der Waals surface area contributed by atoms with Gasteiger partial charge in [-0.05, 0) is 54.0 Å². The van der Waals surface area contributed by atoms with Crippen LogP contribution in [0.25, 0.3) is 0 Å². The first-order valence-corrected chi connectivity index (χ1v) is 18.6. The van der Waals surface area contributed by atoms with E-state index in [9.17, 15) is 0 Å². The highest BCUT2D eigenvalue weighted by atomic mass is 31.1. The average Bonchev–Trinajstić information content (AvgIpc) is 3.14. The summed E-state index contributed by atoms with van der Waals surface area (Å²) in [4.78, 5) is 0. The molecule has 220 valence electrons. The Bertz CT molecular complexity index is 1760. The number of hydrogen-bond acceptors (Lipinski definition) is 0. The SMILES string of the molecule is c1ccc(CB(c2ccccc2P(c2ccccc2)c2ccccc2)c2ccccc2P(c2ccccc2)c2ccccc2)cc1. The van der Waals surface area contributed by atoms with E-state index in [1.165, 1.54) is 48.3 Å². The first-order chi connectivity index (χ1) is 22.9. The smallest absolute Gasteiger partial charge is 0.0667 e. The van der Waals surface area contributed by atoms with Gasteiger partial charge in [-0.2, -0.15) is 0 Å². The van der Waals surface area contributed by atoms with E-state index in [0.717, 1.165) is 6.32 Å². The van der Waals surface area contributed by atoms with Crippen molar-refractivity contribution in [2.45, 2.75) is 6.32 Å². The van der Waals surface area contributed by atoms with Crippen molar-refractivity contribution in [2.75, 3.05) is 0 Å². The van der Waals surface area contributed by atoms with Gasteiger partial charge in [0.2, 0.25) is 6.71 Å². The van der Waals surface area contributed by atoms with Crippen LogP contribution in [0.3, 0.4) is 0 Å². The third-order valence-corrected chi connectivity index (χ3v) is 13.5. The average molecular weight is 625 g/mol. The second-order valence-electron chi connectivity index (χ2n) is 11.4. The van der Waals surface area contributed by atoms with Crippen molar-refractivity contribution >= 4 is 65.3 Å². The molecular weight excluding hydrogens is 589 g/mol. The molecule has 0 atom stereocenters. The fourth-order valence-corrected chi connectivity index (χ4v) is 11.4. The van der Waals surface area contributed by atoms with Gasteiger partial charge in [-0.15, -0.1) is 0 Å². The van der Waals surface area contributed by atoms with Crippen LogP contribution >= 0.6 is 15.8 Å². The van der Waals surface area contributed by atoms with Crippen molar-refractivity contribution in [3.05, 3.63) is 206 Å². The van der Waals surface area contributed by atoms with Crippen LogP contribution in [0.4, 0.5) is 0 Å². The minimum absolute atomic E-state index is 0.171. The van der Waals surface area contributed by atoms with Gasteiger partial charge in [-0.3, -0.25) is 0 Å². The molecule has 0 saturated carbocycles. The molecule has 0 bridgehead atoms. The normalized spacial score (nSPS) is 11.1. The second-order valence-corrected chi connectivity index (χ2v) is 15.7. The summed E-state index contributed by atoms with van der Waals surface area (Å²) >= 11 is 0. The zero-order valence-electron chi connectivity index (χ0n) is 25.7. The molecule has 0 unspecified atom stereocenters. The zero-order valence-corrected chi connectivity index (χ0v) is 27.5. The highest BCUT2D eigenvalue weighted by Gasteiger charge is 2.31. The molecule has 0 fully saturated rings.